The molecule has 0 saturated carbocycles. The standard InChI is InChI=1S/C10H13ClN4O2/c1-6(2)7-8(15(16)17)9(11)14(13-7)10(3,4)5-12/h6H,1-4H3. The largest absolute Gasteiger partial charge is 0.329 e. The molecule has 1 rings (SSSR count). The zero-order valence-corrected chi connectivity index (χ0v) is 10.8. The molecule has 6 nitrogen and oxygen atoms in total. The van der Waals surface area contributed by atoms with Crippen molar-refractivity contribution in [2.45, 2.75) is 39.2 Å². The van der Waals surface area contributed by atoms with E-state index in [1.807, 2.05) is 6.07 Å². The van der Waals surface area contributed by atoms with Crippen molar-refractivity contribution in [1.29, 1.82) is 5.26 Å². The Hall–Kier alpha value is -1.61. The van der Waals surface area contributed by atoms with Crippen LogP contribution in [0.1, 0.15) is 39.3 Å². The van der Waals surface area contributed by atoms with E-state index in [1.54, 1.807) is 27.7 Å². The highest BCUT2D eigenvalue weighted by Crippen LogP contribution is 2.35. The summed E-state index contributed by atoms with van der Waals surface area (Å²) < 4.78 is 1.20. The quantitative estimate of drug-likeness (QED) is 0.615. The van der Waals surface area contributed by atoms with Crippen LogP contribution >= 0.6 is 11.6 Å². The smallest absolute Gasteiger partial charge is 0.258 e. The molecule has 0 atom stereocenters. The summed E-state index contributed by atoms with van der Waals surface area (Å²) in [6.45, 7) is 6.77. The molecule has 0 saturated heterocycles. The molecule has 0 unspecified atom stereocenters. The van der Waals surface area contributed by atoms with Gasteiger partial charge < -0.3 is 0 Å². The Balaban J connectivity index is 3.54. The molecule has 0 aromatic carbocycles. The normalized spacial score (nSPS) is 11.6. The number of nitriles is 1. The molecule has 0 aliphatic heterocycles. The minimum absolute atomic E-state index is 0.106. The van der Waals surface area contributed by atoms with Gasteiger partial charge in [0.05, 0.1) is 11.0 Å². The lowest BCUT2D eigenvalue weighted by atomic mass is 10.1. The van der Waals surface area contributed by atoms with Crippen LogP contribution < -0.4 is 0 Å². The number of nitrogens with zero attached hydrogens (tertiary/aromatic N) is 4. The van der Waals surface area contributed by atoms with Gasteiger partial charge in [-0.25, -0.2) is 4.68 Å². The van der Waals surface area contributed by atoms with E-state index in [-0.39, 0.29) is 16.8 Å². The second-order valence-corrected chi connectivity index (χ2v) is 4.88. The van der Waals surface area contributed by atoms with Crippen LogP contribution in [0, 0.1) is 21.4 Å². The van der Waals surface area contributed by atoms with Gasteiger partial charge in [-0.05, 0) is 13.8 Å². The fraction of sp³-hybridized carbons (Fsp3) is 0.600. The third kappa shape index (κ3) is 2.24. The zero-order chi connectivity index (χ0) is 13.4. The average Bonchev–Trinajstić information content (AvgIpc) is 2.56. The van der Waals surface area contributed by atoms with Crippen LogP contribution in [0.5, 0.6) is 0 Å². The number of aromatic nitrogens is 2. The van der Waals surface area contributed by atoms with Crippen molar-refractivity contribution in [1.82, 2.24) is 9.78 Å². The second kappa shape index (κ2) is 4.34. The van der Waals surface area contributed by atoms with Crippen LogP contribution in [0.4, 0.5) is 5.69 Å². The minimum Gasteiger partial charge on any atom is -0.258 e. The fourth-order valence-electron chi connectivity index (χ4n) is 1.38. The van der Waals surface area contributed by atoms with Gasteiger partial charge in [0.1, 0.15) is 11.2 Å². The molecule has 7 heteroatoms. The molecule has 0 radical (unpaired) electrons. The van der Waals surface area contributed by atoms with Crippen LogP contribution in [0.2, 0.25) is 5.15 Å². The lowest BCUT2D eigenvalue weighted by Gasteiger charge is -2.16. The Kier molecular flexibility index (Phi) is 3.43. The Morgan fingerprint density at radius 3 is 2.41 bits per heavy atom. The van der Waals surface area contributed by atoms with Gasteiger partial charge in [0.2, 0.25) is 5.15 Å². The highest BCUT2D eigenvalue weighted by atomic mass is 35.5. The molecule has 0 spiro atoms. The number of halogens is 1. The topological polar surface area (TPSA) is 84.8 Å². The molecule has 0 fully saturated rings. The van der Waals surface area contributed by atoms with E-state index in [0.29, 0.717) is 5.69 Å². The van der Waals surface area contributed by atoms with E-state index >= 15 is 0 Å². The van der Waals surface area contributed by atoms with Gasteiger partial charge in [-0.2, -0.15) is 10.4 Å². The molecule has 92 valence electrons. The van der Waals surface area contributed by atoms with Crippen molar-refractivity contribution < 1.29 is 4.92 Å². The fourth-order valence-corrected chi connectivity index (χ4v) is 1.80. The predicted octanol–water partition coefficient (Wildman–Crippen LogP) is 2.83. The molecule has 0 bridgehead atoms. The first kappa shape index (κ1) is 13.5. The maximum atomic E-state index is 11.0. The number of nitro groups is 1. The summed E-state index contributed by atoms with van der Waals surface area (Å²) in [5, 5.41) is 24.0. The summed E-state index contributed by atoms with van der Waals surface area (Å²) in [4.78, 5) is 10.4. The zero-order valence-electron chi connectivity index (χ0n) is 10.1. The van der Waals surface area contributed by atoms with Gasteiger partial charge in [0.25, 0.3) is 0 Å². The van der Waals surface area contributed by atoms with Crippen molar-refractivity contribution >= 4 is 17.3 Å². The van der Waals surface area contributed by atoms with Crippen molar-refractivity contribution in [3.05, 3.63) is 21.0 Å². The first-order chi connectivity index (χ1) is 7.72. The summed E-state index contributed by atoms with van der Waals surface area (Å²) in [6, 6.07) is 2.01. The highest BCUT2D eigenvalue weighted by Gasteiger charge is 2.34. The summed E-state index contributed by atoms with van der Waals surface area (Å²) in [7, 11) is 0. The van der Waals surface area contributed by atoms with E-state index in [0.717, 1.165) is 0 Å². The summed E-state index contributed by atoms with van der Waals surface area (Å²) in [6.07, 6.45) is 0. The molecule has 1 aromatic rings. The molecule has 0 aliphatic rings. The third-order valence-corrected chi connectivity index (χ3v) is 2.70. The monoisotopic (exact) mass is 256 g/mol. The Bertz CT molecular complexity index is 499. The van der Waals surface area contributed by atoms with Gasteiger partial charge in [-0.1, -0.05) is 25.4 Å². The molecule has 0 amide bonds. The summed E-state index contributed by atoms with van der Waals surface area (Å²) in [5.41, 5.74) is -0.942. The lowest BCUT2D eigenvalue weighted by Crippen LogP contribution is -2.25. The van der Waals surface area contributed by atoms with Crippen molar-refractivity contribution in [3.63, 3.8) is 0 Å². The summed E-state index contributed by atoms with van der Waals surface area (Å²) in [5.74, 6) is -0.136. The highest BCUT2D eigenvalue weighted by molar-refractivity contribution is 6.31. The van der Waals surface area contributed by atoms with Crippen LogP contribution in [-0.2, 0) is 5.54 Å². The lowest BCUT2D eigenvalue weighted by molar-refractivity contribution is -0.385. The van der Waals surface area contributed by atoms with Crippen molar-refractivity contribution in [3.8, 4) is 6.07 Å². The number of hydrogen-bond donors (Lipinski definition) is 0. The van der Waals surface area contributed by atoms with Crippen LogP contribution in [0.3, 0.4) is 0 Å². The first-order valence-electron chi connectivity index (χ1n) is 5.07. The van der Waals surface area contributed by atoms with E-state index < -0.39 is 10.5 Å². The maximum Gasteiger partial charge on any atom is 0.329 e. The van der Waals surface area contributed by atoms with E-state index in [9.17, 15) is 10.1 Å². The molecular formula is C10H13ClN4O2. The number of rotatable bonds is 3. The molecule has 1 aromatic heterocycles. The molecule has 0 aliphatic carbocycles. The van der Waals surface area contributed by atoms with Crippen molar-refractivity contribution in [2.75, 3.05) is 0 Å². The van der Waals surface area contributed by atoms with E-state index in [2.05, 4.69) is 5.10 Å². The Labute approximate surface area is 104 Å². The molecule has 17 heavy (non-hydrogen) atoms. The Morgan fingerprint density at radius 2 is 2.12 bits per heavy atom. The van der Waals surface area contributed by atoms with Crippen LogP contribution in [0.25, 0.3) is 0 Å². The second-order valence-electron chi connectivity index (χ2n) is 4.52. The predicted molar refractivity (Wildman–Crippen MR) is 62.9 cm³/mol. The van der Waals surface area contributed by atoms with Gasteiger partial charge in [-0.15, -0.1) is 0 Å². The SMILES string of the molecule is CC(C)c1nn(C(C)(C)C#N)c(Cl)c1[N+](=O)[O-]. The van der Waals surface area contributed by atoms with E-state index in [4.69, 9.17) is 16.9 Å². The van der Waals surface area contributed by atoms with E-state index in [1.165, 1.54) is 4.68 Å². The molecule has 1 heterocycles. The molecule has 0 N–H and O–H groups in total. The Morgan fingerprint density at radius 1 is 1.59 bits per heavy atom. The number of hydrogen-bond acceptors (Lipinski definition) is 4. The van der Waals surface area contributed by atoms with Gasteiger partial charge in [0, 0.05) is 5.92 Å². The summed E-state index contributed by atoms with van der Waals surface area (Å²) >= 11 is 5.94. The average molecular weight is 257 g/mol. The maximum absolute atomic E-state index is 11.0. The van der Waals surface area contributed by atoms with Gasteiger partial charge in [0.15, 0.2) is 0 Å². The van der Waals surface area contributed by atoms with Crippen molar-refractivity contribution in [2.24, 2.45) is 0 Å². The van der Waals surface area contributed by atoms with Crippen LogP contribution in [0.15, 0.2) is 0 Å². The van der Waals surface area contributed by atoms with Crippen LogP contribution in [-0.4, -0.2) is 14.7 Å². The first-order valence-corrected chi connectivity index (χ1v) is 5.44. The third-order valence-electron chi connectivity index (χ3n) is 2.36. The molecular weight excluding hydrogens is 244 g/mol. The van der Waals surface area contributed by atoms with Gasteiger partial charge >= 0.3 is 5.69 Å². The minimum atomic E-state index is -1.02. The van der Waals surface area contributed by atoms with Gasteiger partial charge in [-0.3, -0.25) is 10.1 Å².